The molecule has 11 N–H and O–H groups in total. The van der Waals surface area contributed by atoms with E-state index in [9.17, 15) is 34.2 Å². The second-order valence-electron chi connectivity index (χ2n) is 7.86. The van der Waals surface area contributed by atoms with Gasteiger partial charge in [-0.2, -0.15) is 11.8 Å². The number of primary amides is 1. The molecule has 196 valence electrons. The molecule has 14 heteroatoms. The summed E-state index contributed by atoms with van der Waals surface area (Å²) in [5.74, 6) is -3.64. The number of unbranched alkanes of at least 4 members (excludes halogenated alkanes) is 1. The monoisotopic (exact) mass is 506 g/mol. The fourth-order valence-corrected chi connectivity index (χ4v) is 3.36. The molecule has 0 aliphatic rings. The Hall–Kier alpha value is -2.42. The molecule has 0 aromatic carbocycles. The number of aliphatic hydroxyl groups excluding tert-OH is 1. The number of thioether (sulfide) groups is 1. The summed E-state index contributed by atoms with van der Waals surface area (Å²) < 4.78 is 0. The number of carbonyl (C=O) groups is 5. The van der Waals surface area contributed by atoms with Gasteiger partial charge in [0.1, 0.15) is 12.1 Å². The molecule has 0 aliphatic carbocycles. The summed E-state index contributed by atoms with van der Waals surface area (Å²) in [6.45, 7) is 1.61. The van der Waals surface area contributed by atoms with Crippen LogP contribution in [0.3, 0.4) is 0 Å². The number of aliphatic hydroxyl groups is 1. The van der Waals surface area contributed by atoms with Crippen LogP contribution in [-0.4, -0.2) is 88.6 Å². The first-order valence-corrected chi connectivity index (χ1v) is 12.4. The molecule has 0 saturated carbocycles. The molecule has 0 rings (SSSR count). The molecule has 0 spiro atoms. The number of nitrogens with two attached hydrogens (primary N) is 3. The molecule has 0 aromatic heterocycles. The van der Waals surface area contributed by atoms with E-state index in [0.29, 0.717) is 25.1 Å². The van der Waals surface area contributed by atoms with Gasteiger partial charge in [-0.05, 0) is 57.6 Å². The van der Waals surface area contributed by atoms with Crippen molar-refractivity contribution in [3.8, 4) is 0 Å². The van der Waals surface area contributed by atoms with E-state index in [-0.39, 0.29) is 25.7 Å². The minimum atomic E-state index is -1.55. The number of hydrogen-bond acceptors (Lipinski definition) is 9. The van der Waals surface area contributed by atoms with Gasteiger partial charge in [0.05, 0.1) is 12.1 Å². The maximum absolute atomic E-state index is 13.0. The summed E-state index contributed by atoms with van der Waals surface area (Å²) >= 11 is 1.42. The summed E-state index contributed by atoms with van der Waals surface area (Å²) in [5, 5.41) is 26.2. The van der Waals surface area contributed by atoms with Gasteiger partial charge in [0.2, 0.25) is 23.6 Å². The fraction of sp³-hybridized carbons (Fsp3) is 0.750. The zero-order valence-corrected chi connectivity index (χ0v) is 20.4. The lowest BCUT2D eigenvalue weighted by Gasteiger charge is -2.25. The van der Waals surface area contributed by atoms with E-state index in [2.05, 4.69) is 16.0 Å². The van der Waals surface area contributed by atoms with E-state index >= 15 is 0 Å². The molecule has 0 aliphatic heterocycles. The third-order valence-electron chi connectivity index (χ3n) is 4.91. The topological polar surface area (TPSA) is 240 Å². The van der Waals surface area contributed by atoms with Crippen LogP contribution in [0.2, 0.25) is 0 Å². The van der Waals surface area contributed by atoms with Crippen LogP contribution >= 0.6 is 11.8 Å². The van der Waals surface area contributed by atoms with Crippen LogP contribution in [0, 0.1) is 0 Å². The molecule has 0 fully saturated rings. The number of carbonyl (C=O) groups excluding carboxylic acids is 4. The fourth-order valence-electron chi connectivity index (χ4n) is 2.89. The van der Waals surface area contributed by atoms with E-state index < -0.39 is 59.9 Å². The molecule has 0 aromatic rings. The summed E-state index contributed by atoms with van der Waals surface area (Å²) in [4.78, 5) is 60.3. The molecule has 5 unspecified atom stereocenters. The second kappa shape index (κ2) is 17.1. The van der Waals surface area contributed by atoms with Gasteiger partial charge in [0.15, 0.2) is 6.04 Å². The number of nitrogens with one attached hydrogen (secondary N) is 3. The Morgan fingerprint density at radius 3 is 1.97 bits per heavy atom. The first kappa shape index (κ1) is 31.6. The van der Waals surface area contributed by atoms with Crippen molar-refractivity contribution in [2.45, 2.75) is 75.7 Å². The molecule has 34 heavy (non-hydrogen) atoms. The standard InChI is InChI=1S/C20H38N6O7S/c1-11(27)16(20(32)33)26-19(31)14(8-10-34-2)25-18(30)13(5-3-4-9-21)24-17(29)12(22)6-7-15(23)28/h11-14,16,27H,3-10,21-22H2,1-2H3,(H2,23,28)(H,24,29)(H,25,30)(H,26,31)(H,32,33). The predicted molar refractivity (Wildman–Crippen MR) is 127 cm³/mol. The zero-order valence-electron chi connectivity index (χ0n) is 19.6. The molecular weight excluding hydrogens is 468 g/mol. The van der Waals surface area contributed by atoms with Crippen LogP contribution in [0.15, 0.2) is 0 Å². The van der Waals surface area contributed by atoms with E-state index in [1.165, 1.54) is 18.7 Å². The van der Waals surface area contributed by atoms with Crippen LogP contribution in [0.1, 0.15) is 45.4 Å². The quantitative estimate of drug-likeness (QED) is 0.0900. The third-order valence-corrected chi connectivity index (χ3v) is 5.55. The van der Waals surface area contributed by atoms with Crippen molar-refractivity contribution in [3.05, 3.63) is 0 Å². The van der Waals surface area contributed by atoms with Gasteiger partial charge in [-0.3, -0.25) is 19.2 Å². The Balaban J connectivity index is 5.43. The molecule has 0 heterocycles. The number of aliphatic carboxylic acids is 1. The van der Waals surface area contributed by atoms with Gasteiger partial charge in [-0.1, -0.05) is 0 Å². The van der Waals surface area contributed by atoms with Gasteiger partial charge < -0.3 is 43.4 Å². The highest BCUT2D eigenvalue weighted by Crippen LogP contribution is 2.07. The number of rotatable bonds is 18. The van der Waals surface area contributed by atoms with Crippen molar-refractivity contribution >= 4 is 41.4 Å². The SMILES string of the molecule is CSCCC(NC(=O)C(CCCCN)NC(=O)C(N)CCC(N)=O)C(=O)NC(C(=O)O)C(C)O. The van der Waals surface area contributed by atoms with E-state index in [1.807, 2.05) is 0 Å². The molecule has 0 bridgehead atoms. The Morgan fingerprint density at radius 1 is 0.912 bits per heavy atom. The normalized spacial score (nSPS) is 15.3. The van der Waals surface area contributed by atoms with Gasteiger partial charge in [0, 0.05) is 6.42 Å². The highest BCUT2D eigenvalue weighted by atomic mass is 32.2. The average molecular weight is 507 g/mol. The number of carboxylic acids is 1. The van der Waals surface area contributed by atoms with Crippen LogP contribution in [0.25, 0.3) is 0 Å². The Bertz CT molecular complexity index is 694. The summed E-state index contributed by atoms with van der Waals surface area (Å²) in [7, 11) is 0. The van der Waals surface area contributed by atoms with Crippen LogP contribution < -0.4 is 33.2 Å². The summed E-state index contributed by atoms with van der Waals surface area (Å²) in [5.41, 5.74) is 16.4. The molecule has 5 atom stereocenters. The predicted octanol–water partition coefficient (Wildman–Crippen LogP) is -2.62. The first-order chi connectivity index (χ1) is 15.9. The summed E-state index contributed by atoms with van der Waals surface area (Å²) in [6.07, 6.45) is 1.87. The second-order valence-corrected chi connectivity index (χ2v) is 8.85. The average Bonchev–Trinajstić information content (AvgIpc) is 2.76. The number of carboxylic acid groups (broad SMARTS) is 1. The first-order valence-electron chi connectivity index (χ1n) is 11.0. The number of amides is 4. The zero-order chi connectivity index (χ0) is 26.3. The highest BCUT2D eigenvalue weighted by Gasteiger charge is 2.31. The van der Waals surface area contributed by atoms with Crippen molar-refractivity contribution in [3.63, 3.8) is 0 Å². The lowest BCUT2D eigenvalue weighted by molar-refractivity contribution is -0.145. The van der Waals surface area contributed by atoms with Crippen molar-refractivity contribution < 1.29 is 34.2 Å². The lowest BCUT2D eigenvalue weighted by Crippen LogP contribution is -2.58. The Kier molecular flexibility index (Phi) is 15.9. The van der Waals surface area contributed by atoms with Gasteiger partial charge in [-0.15, -0.1) is 0 Å². The van der Waals surface area contributed by atoms with Crippen molar-refractivity contribution in [1.29, 1.82) is 0 Å². The van der Waals surface area contributed by atoms with Gasteiger partial charge in [-0.25, -0.2) is 4.79 Å². The van der Waals surface area contributed by atoms with Crippen LogP contribution in [0.5, 0.6) is 0 Å². The molecule has 0 radical (unpaired) electrons. The third kappa shape index (κ3) is 12.7. The smallest absolute Gasteiger partial charge is 0.328 e. The van der Waals surface area contributed by atoms with Crippen molar-refractivity contribution in [2.24, 2.45) is 17.2 Å². The van der Waals surface area contributed by atoms with Crippen molar-refractivity contribution in [2.75, 3.05) is 18.6 Å². The largest absolute Gasteiger partial charge is 0.480 e. The highest BCUT2D eigenvalue weighted by molar-refractivity contribution is 7.98. The van der Waals surface area contributed by atoms with Gasteiger partial charge >= 0.3 is 5.97 Å². The molecule has 0 saturated heterocycles. The molecule has 4 amide bonds. The minimum Gasteiger partial charge on any atom is -0.480 e. The van der Waals surface area contributed by atoms with Crippen LogP contribution in [0.4, 0.5) is 0 Å². The maximum Gasteiger partial charge on any atom is 0.328 e. The minimum absolute atomic E-state index is 0.00693. The van der Waals surface area contributed by atoms with E-state index in [4.69, 9.17) is 17.2 Å². The molecule has 13 nitrogen and oxygen atoms in total. The molecular formula is C20H38N6O7S. The maximum atomic E-state index is 13.0. The lowest BCUT2D eigenvalue weighted by atomic mass is 10.1. The van der Waals surface area contributed by atoms with Crippen LogP contribution in [-0.2, 0) is 24.0 Å². The van der Waals surface area contributed by atoms with Gasteiger partial charge in [0.25, 0.3) is 0 Å². The number of hydrogen-bond donors (Lipinski definition) is 8. The van der Waals surface area contributed by atoms with Crippen molar-refractivity contribution in [1.82, 2.24) is 16.0 Å². The van der Waals surface area contributed by atoms with E-state index in [0.717, 1.165) is 0 Å². The Labute approximate surface area is 203 Å². The Morgan fingerprint density at radius 2 is 1.47 bits per heavy atom. The van der Waals surface area contributed by atoms with E-state index in [1.54, 1.807) is 6.26 Å². The summed E-state index contributed by atoms with van der Waals surface area (Å²) in [6, 6.07) is -4.74.